The van der Waals surface area contributed by atoms with E-state index in [4.69, 9.17) is 14.6 Å². The standard InChI is InChI=1S/C22H27NO4/c1-15(2)27-20-7-4-17(5-8-20)14-26-21-9-6-18(16(3)10-21)11-23-12-19(13-23)22(24)25/h4-10,15,19H,11-14H2,1-3H3,(H,24,25). The third kappa shape index (κ3) is 5.23. The summed E-state index contributed by atoms with van der Waals surface area (Å²) in [6, 6.07) is 14.0. The summed E-state index contributed by atoms with van der Waals surface area (Å²) in [4.78, 5) is 13.1. The number of benzene rings is 2. The minimum atomic E-state index is -0.699. The second-order valence-electron chi connectivity index (χ2n) is 7.42. The minimum Gasteiger partial charge on any atom is -0.491 e. The summed E-state index contributed by atoms with van der Waals surface area (Å²) in [5, 5.41) is 8.96. The van der Waals surface area contributed by atoms with Crippen molar-refractivity contribution < 1.29 is 19.4 Å². The third-order valence-electron chi connectivity index (χ3n) is 4.72. The third-order valence-corrected chi connectivity index (χ3v) is 4.72. The number of hydrogen-bond donors (Lipinski definition) is 1. The highest BCUT2D eigenvalue weighted by Crippen LogP contribution is 2.24. The molecule has 0 unspecified atom stereocenters. The zero-order valence-electron chi connectivity index (χ0n) is 16.1. The van der Waals surface area contributed by atoms with Crippen LogP contribution in [0.25, 0.3) is 0 Å². The molecule has 0 spiro atoms. The Bertz CT molecular complexity index is 779. The van der Waals surface area contributed by atoms with Crippen molar-refractivity contribution in [2.45, 2.75) is 40.0 Å². The lowest BCUT2D eigenvalue weighted by molar-refractivity contribution is -0.147. The summed E-state index contributed by atoms with van der Waals surface area (Å²) in [5.74, 6) is 0.789. The topological polar surface area (TPSA) is 59.0 Å². The molecule has 0 radical (unpaired) electrons. The average molecular weight is 369 g/mol. The van der Waals surface area contributed by atoms with Gasteiger partial charge in [0.15, 0.2) is 0 Å². The van der Waals surface area contributed by atoms with Gasteiger partial charge in [0.1, 0.15) is 18.1 Å². The van der Waals surface area contributed by atoms with Crippen LogP contribution >= 0.6 is 0 Å². The maximum atomic E-state index is 10.9. The summed E-state index contributed by atoms with van der Waals surface area (Å²) in [7, 11) is 0. The van der Waals surface area contributed by atoms with Crippen LogP contribution in [0.4, 0.5) is 0 Å². The van der Waals surface area contributed by atoms with Crippen molar-refractivity contribution in [1.82, 2.24) is 4.90 Å². The van der Waals surface area contributed by atoms with Gasteiger partial charge in [-0.1, -0.05) is 18.2 Å². The van der Waals surface area contributed by atoms with Crippen molar-refractivity contribution in [3.63, 3.8) is 0 Å². The maximum absolute atomic E-state index is 10.9. The van der Waals surface area contributed by atoms with Crippen molar-refractivity contribution in [1.29, 1.82) is 0 Å². The van der Waals surface area contributed by atoms with Gasteiger partial charge in [0.2, 0.25) is 0 Å². The highest BCUT2D eigenvalue weighted by Gasteiger charge is 2.32. The monoisotopic (exact) mass is 369 g/mol. The largest absolute Gasteiger partial charge is 0.491 e. The number of aryl methyl sites for hydroxylation is 1. The van der Waals surface area contributed by atoms with Crippen molar-refractivity contribution in [2.24, 2.45) is 5.92 Å². The molecule has 0 saturated carbocycles. The normalized spacial score (nSPS) is 14.8. The van der Waals surface area contributed by atoms with E-state index in [1.165, 1.54) is 5.56 Å². The molecule has 2 aromatic carbocycles. The molecule has 1 saturated heterocycles. The molecule has 27 heavy (non-hydrogen) atoms. The molecule has 1 heterocycles. The summed E-state index contributed by atoms with van der Waals surface area (Å²) in [5.41, 5.74) is 3.46. The van der Waals surface area contributed by atoms with Gasteiger partial charge in [-0.25, -0.2) is 0 Å². The van der Waals surface area contributed by atoms with Gasteiger partial charge in [-0.05, 0) is 61.7 Å². The van der Waals surface area contributed by atoms with Crippen LogP contribution < -0.4 is 9.47 Å². The van der Waals surface area contributed by atoms with E-state index in [0.717, 1.165) is 29.2 Å². The number of likely N-dealkylation sites (tertiary alicyclic amines) is 1. The Balaban J connectivity index is 1.51. The fourth-order valence-corrected chi connectivity index (χ4v) is 3.13. The van der Waals surface area contributed by atoms with Gasteiger partial charge in [-0.2, -0.15) is 0 Å². The quantitative estimate of drug-likeness (QED) is 0.765. The van der Waals surface area contributed by atoms with E-state index in [1.807, 2.05) is 50.2 Å². The van der Waals surface area contributed by atoms with Gasteiger partial charge >= 0.3 is 5.97 Å². The molecule has 1 aliphatic heterocycles. The smallest absolute Gasteiger partial charge is 0.309 e. The molecule has 5 heteroatoms. The molecule has 0 amide bonds. The molecule has 1 N–H and O–H groups in total. The van der Waals surface area contributed by atoms with Crippen molar-refractivity contribution in [2.75, 3.05) is 13.1 Å². The second-order valence-corrected chi connectivity index (χ2v) is 7.42. The highest BCUT2D eigenvalue weighted by molar-refractivity contribution is 5.71. The molecule has 5 nitrogen and oxygen atoms in total. The SMILES string of the molecule is Cc1cc(OCc2ccc(OC(C)C)cc2)ccc1CN1CC(C(=O)O)C1. The lowest BCUT2D eigenvalue weighted by Crippen LogP contribution is -2.49. The second kappa shape index (κ2) is 8.44. The van der Waals surface area contributed by atoms with Crippen LogP contribution in [-0.4, -0.2) is 35.2 Å². The van der Waals surface area contributed by atoms with Gasteiger partial charge in [0, 0.05) is 19.6 Å². The zero-order valence-corrected chi connectivity index (χ0v) is 16.1. The fraction of sp³-hybridized carbons (Fsp3) is 0.409. The van der Waals surface area contributed by atoms with E-state index in [0.29, 0.717) is 19.7 Å². The van der Waals surface area contributed by atoms with E-state index in [2.05, 4.69) is 17.9 Å². The first-order valence-electron chi connectivity index (χ1n) is 9.34. The first-order chi connectivity index (χ1) is 12.9. The molecule has 1 aliphatic rings. The summed E-state index contributed by atoms with van der Waals surface area (Å²) in [6.07, 6.45) is 0.167. The van der Waals surface area contributed by atoms with Crippen LogP contribution in [0.5, 0.6) is 11.5 Å². The molecule has 0 aromatic heterocycles. The number of carbonyl (C=O) groups is 1. The number of nitrogens with zero attached hydrogens (tertiary/aromatic N) is 1. The van der Waals surface area contributed by atoms with E-state index in [9.17, 15) is 4.79 Å². The van der Waals surface area contributed by atoms with E-state index >= 15 is 0 Å². The Morgan fingerprint density at radius 1 is 1.15 bits per heavy atom. The molecule has 144 valence electrons. The number of aliphatic carboxylic acids is 1. The van der Waals surface area contributed by atoms with Crippen LogP contribution in [0.1, 0.15) is 30.5 Å². The number of carboxylic acids is 1. The average Bonchev–Trinajstić information content (AvgIpc) is 2.57. The lowest BCUT2D eigenvalue weighted by atomic mass is 9.98. The van der Waals surface area contributed by atoms with Crippen LogP contribution in [0.3, 0.4) is 0 Å². The summed E-state index contributed by atoms with van der Waals surface area (Å²) >= 11 is 0. The van der Waals surface area contributed by atoms with Crippen LogP contribution in [0.15, 0.2) is 42.5 Å². The first kappa shape index (κ1) is 19.2. The lowest BCUT2D eigenvalue weighted by Gasteiger charge is -2.36. The number of hydrogen-bond acceptors (Lipinski definition) is 4. The summed E-state index contributed by atoms with van der Waals surface area (Å²) < 4.78 is 11.6. The molecular weight excluding hydrogens is 342 g/mol. The predicted molar refractivity (Wildman–Crippen MR) is 104 cm³/mol. The Labute approximate surface area is 160 Å². The molecule has 1 fully saturated rings. The van der Waals surface area contributed by atoms with Gasteiger partial charge in [-0.15, -0.1) is 0 Å². The fourth-order valence-electron chi connectivity index (χ4n) is 3.13. The molecular formula is C22H27NO4. The minimum absolute atomic E-state index is 0.167. The number of rotatable bonds is 8. The molecule has 0 bridgehead atoms. The van der Waals surface area contributed by atoms with Gasteiger partial charge in [-0.3, -0.25) is 9.69 Å². The zero-order chi connectivity index (χ0) is 19.4. The summed E-state index contributed by atoms with van der Waals surface area (Å²) in [6.45, 7) is 8.63. The van der Waals surface area contributed by atoms with Gasteiger partial charge in [0.05, 0.1) is 12.0 Å². The number of ether oxygens (including phenoxy) is 2. The van der Waals surface area contributed by atoms with Crippen molar-refractivity contribution in [3.8, 4) is 11.5 Å². The van der Waals surface area contributed by atoms with Crippen LogP contribution in [-0.2, 0) is 17.9 Å². The molecule has 0 atom stereocenters. The molecule has 3 rings (SSSR count). The van der Waals surface area contributed by atoms with Crippen LogP contribution in [0, 0.1) is 12.8 Å². The number of carboxylic acid groups (broad SMARTS) is 1. The predicted octanol–water partition coefficient (Wildman–Crippen LogP) is 3.88. The Morgan fingerprint density at radius 3 is 2.41 bits per heavy atom. The Kier molecular flexibility index (Phi) is 6.01. The van der Waals surface area contributed by atoms with E-state index in [-0.39, 0.29) is 12.0 Å². The maximum Gasteiger partial charge on any atom is 0.309 e. The molecule has 0 aliphatic carbocycles. The Morgan fingerprint density at radius 2 is 1.81 bits per heavy atom. The van der Waals surface area contributed by atoms with Crippen LogP contribution in [0.2, 0.25) is 0 Å². The van der Waals surface area contributed by atoms with Crippen molar-refractivity contribution >= 4 is 5.97 Å². The Hall–Kier alpha value is -2.53. The van der Waals surface area contributed by atoms with Gasteiger partial charge in [0.25, 0.3) is 0 Å². The van der Waals surface area contributed by atoms with E-state index < -0.39 is 5.97 Å². The first-order valence-corrected chi connectivity index (χ1v) is 9.34. The molecule has 2 aromatic rings. The highest BCUT2D eigenvalue weighted by atomic mass is 16.5. The van der Waals surface area contributed by atoms with Gasteiger partial charge < -0.3 is 14.6 Å². The van der Waals surface area contributed by atoms with E-state index in [1.54, 1.807) is 0 Å². The van der Waals surface area contributed by atoms with Crippen molar-refractivity contribution in [3.05, 3.63) is 59.2 Å².